The second kappa shape index (κ2) is 7.63. The highest BCUT2D eigenvalue weighted by molar-refractivity contribution is 5.98. The van der Waals surface area contributed by atoms with Crippen LogP contribution in [-0.2, 0) is 19.1 Å². The Kier molecular flexibility index (Phi) is 6.86. The summed E-state index contributed by atoms with van der Waals surface area (Å²) in [5.41, 5.74) is 0. The van der Waals surface area contributed by atoms with Crippen LogP contribution in [0.1, 0.15) is 19.8 Å². The molecule has 0 bridgehead atoms. The second-order valence-electron chi connectivity index (χ2n) is 3.07. The van der Waals surface area contributed by atoms with Gasteiger partial charge in [-0.25, -0.2) is 9.59 Å². The van der Waals surface area contributed by atoms with E-state index in [9.17, 15) is 14.4 Å². The molecule has 7 nitrogen and oxygen atoms in total. The van der Waals surface area contributed by atoms with Gasteiger partial charge in [0.2, 0.25) is 6.04 Å². The molecular weight excluding hydrogens is 218 g/mol. The topological polar surface area (TPSA) is 113 Å². The van der Waals surface area contributed by atoms with Crippen LogP contribution in [0, 0.1) is 0 Å². The summed E-state index contributed by atoms with van der Waals surface area (Å²) in [6.45, 7) is 1.42. The molecule has 0 saturated carbocycles. The standard InChI is InChI=1S/C9H15NO6/c1-2-3-4-16-9(15)7(8(13)14)10-5-6(11)12/h7,10H,2-5H2,1H3,(H,11,12)(H,13,14). The van der Waals surface area contributed by atoms with Crippen LogP contribution < -0.4 is 5.32 Å². The number of hydrogen-bond donors (Lipinski definition) is 3. The highest BCUT2D eigenvalue weighted by Crippen LogP contribution is 1.94. The number of carboxylic acid groups (broad SMARTS) is 2. The number of carbonyl (C=O) groups is 3. The monoisotopic (exact) mass is 233 g/mol. The van der Waals surface area contributed by atoms with Crippen molar-refractivity contribution in [1.82, 2.24) is 5.32 Å². The number of carboxylic acids is 2. The highest BCUT2D eigenvalue weighted by Gasteiger charge is 2.27. The van der Waals surface area contributed by atoms with E-state index in [2.05, 4.69) is 10.1 Å². The average molecular weight is 233 g/mol. The van der Waals surface area contributed by atoms with Crippen LogP contribution in [-0.4, -0.2) is 47.3 Å². The molecule has 1 unspecified atom stereocenters. The fraction of sp³-hybridized carbons (Fsp3) is 0.667. The van der Waals surface area contributed by atoms with Crippen LogP contribution in [0.25, 0.3) is 0 Å². The minimum Gasteiger partial charge on any atom is -0.480 e. The second-order valence-corrected chi connectivity index (χ2v) is 3.07. The van der Waals surface area contributed by atoms with Crippen LogP contribution in [0.15, 0.2) is 0 Å². The Morgan fingerprint density at radius 2 is 1.94 bits per heavy atom. The summed E-state index contributed by atoms with van der Waals surface area (Å²) in [6.07, 6.45) is 1.45. The molecule has 0 saturated heterocycles. The molecule has 0 aromatic carbocycles. The maximum Gasteiger partial charge on any atom is 0.334 e. The summed E-state index contributed by atoms with van der Waals surface area (Å²) in [5.74, 6) is -3.67. The largest absolute Gasteiger partial charge is 0.480 e. The molecule has 0 heterocycles. The molecule has 0 fully saturated rings. The molecule has 1 atom stereocenters. The highest BCUT2D eigenvalue weighted by atomic mass is 16.5. The van der Waals surface area contributed by atoms with Crippen molar-refractivity contribution in [2.45, 2.75) is 25.8 Å². The fourth-order valence-electron chi connectivity index (χ4n) is 0.861. The van der Waals surface area contributed by atoms with Gasteiger partial charge in [-0.15, -0.1) is 0 Å². The van der Waals surface area contributed by atoms with E-state index >= 15 is 0 Å². The van der Waals surface area contributed by atoms with Crippen molar-refractivity contribution in [1.29, 1.82) is 0 Å². The number of aliphatic carboxylic acids is 2. The van der Waals surface area contributed by atoms with Gasteiger partial charge in [0, 0.05) is 0 Å². The van der Waals surface area contributed by atoms with E-state index in [1.807, 2.05) is 6.92 Å². The van der Waals surface area contributed by atoms with Crippen LogP contribution in [0.3, 0.4) is 0 Å². The van der Waals surface area contributed by atoms with Gasteiger partial charge in [0.05, 0.1) is 13.2 Å². The Balaban J connectivity index is 4.14. The number of rotatable bonds is 8. The SMILES string of the molecule is CCCCOC(=O)C(NCC(=O)O)C(=O)O. The zero-order valence-electron chi connectivity index (χ0n) is 8.93. The number of carbonyl (C=O) groups excluding carboxylic acids is 1. The van der Waals surface area contributed by atoms with Crippen LogP contribution in [0.4, 0.5) is 0 Å². The summed E-state index contributed by atoms with van der Waals surface area (Å²) in [6, 6.07) is -1.63. The van der Waals surface area contributed by atoms with E-state index in [1.54, 1.807) is 0 Å². The molecule has 3 N–H and O–H groups in total. The third kappa shape index (κ3) is 5.97. The summed E-state index contributed by atoms with van der Waals surface area (Å²) in [7, 11) is 0. The van der Waals surface area contributed by atoms with Gasteiger partial charge in [-0.3, -0.25) is 10.1 Å². The number of hydrogen-bond acceptors (Lipinski definition) is 5. The molecule has 92 valence electrons. The maximum atomic E-state index is 11.2. The van der Waals surface area contributed by atoms with Crippen molar-refractivity contribution in [2.75, 3.05) is 13.2 Å². The van der Waals surface area contributed by atoms with Gasteiger partial charge in [-0.1, -0.05) is 13.3 Å². The first-order valence-electron chi connectivity index (χ1n) is 4.83. The minimum atomic E-state index is -1.63. The molecule has 0 radical (unpaired) electrons. The van der Waals surface area contributed by atoms with Crippen molar-refractivity contribution >= 4 is 17.9 Å². The molecule has 0 aliphatic heterocycles. The quantitative estimate of drug-likeness (QED) is 0.293. The molecule has 0 spiro atoms. The summed E-state index contributed by atoms with van der Waals surface area (Å²) < 4.78 is 4.66. The Labute approximate surface area is 92.4 Å². The lowest BCUT2D eigenvalue weighted by atomic mass is 10.3. The lowest BCUT2D eigenvalue weighted by Gasteiger charge is -2.12. The van der Waals surface area contributed by atoms with Gasteiger partial charge in [0.15, 0.2) is 0 Å². The predicted octanol–water partition coefficient (Wildman–Crippen LogP) is -0.543. The predicted molar refractivity (Wildman–Crippen MR) is 52.9 cm³/mol. The minimum absolute atomic E-state index is 0.133. The lowest BCUT2D eigenvalue weighted by Crippen LogP contribution is -2.46. The average Bonchev–Trinajstić information content (AvgIpc) is 2.17. The van der Waals surface area contributed by atoms with E-state index in [1.165, 1.54) is 0 Å². The van der Waals surface area contributed by atoms with Crippen molar-refractivity contribution in [3.8, 4) is 0 Å². The molecule has 0 rings (SSSR count). The van der Waals surface area contributed by atoms with E-state index in [4.69, 9.17) is 10.2 Å². The first-order chi connectivity index (χ1) is 7.49. The molecule has 0 amide bonds. The van der Waals surface area contributed by atoms with Crippen LogP contribution >= 0.6 is 0 Å². The van der Waals surface area contributed by atoms with Crippen LogP contribution in [0.2, 0.25) is 0 Å². The first kappa shape index (κ1) is 14.4. The third-order valence-corrected chi connectivity index (χ3v) is 1.68. The molecule has 0 aliphatic rings. The van der Waals surface area contributed by atoms with E-state index in [-0.39, 0.29) is 6.61 Å². The smallest absolute Gasteiger partial charge is 0.334 e. The molecule has 0 aromatic rings. The Hall–Kier alpha value is -1.63. The zero-order valence-corrected chi connectivity index (χ0v) is 8.93. The third-order valence-electron chi connectivity index (χ3n) is 1.68. The summed E-state index contributed by atoms with van der Waals surface area (Å²) in [5, 5.41) is 19.1. The van der Waals surface area contributed by atoms with Gasteiger partial charge < -0.3 is 14.9 Å². The number of nitrogens with one attached hydrogen (secondary N) is 1. The van der Waals surface area contributed by atoms with Crippen LogP contribution in [0.5, 0.6) is 0 Å². The summed E-state index contributed by atoms with van der Waals surface area (Å²) in [4.78, 5) is 32.0. The zero-order chi connectivity index (χ0) is 12.6. The Bertz CT molecular complexity index is 265. The first-order valence-corrected chi connectivity index (χ1v) is 4.83. The molecule has 16 heavy (non-hydrogen) atoms. The van der Waals surface area contributed by atoms with Gasteiger partial charge >= 0.3 is 17.9 Å². The number of ether oxygens (including phenoxy) is 1. The van der Waals surface area contributed by atoms with E-state index in [0.29, 0.717) is 6.42 Å². The molecule has 0 aliphatic carbocycles. The van der Waals surface area contributed by atoms with Crippen molar-refractivity contribution in [3.63, 3.8) is 0 Å². The lowest BCUT2D eigenvalue weighted by molar-refractivity contribution is -0.155. The van der Waals surface area contributed by atoms with E-state index in [0.717, 1.165) is 6.42 Å². The summed E-state index contributed by atoms with van der Waals surface area (Å²) >= 11 is 0. The number of esters is 1. The van der Waals surface area contributed by atoms with Gasteiger partial charge in [-0.05, 0) is 6.42 Å². The Morgan fingerprint density at radius 1 is 1.31 bits per heavy atom. The normalized spacial score (nSPS) is 11.8. The van der Waals surface area contributed by atoms with Crippen molar-refractivity contribution < 1.29 is 29.3 Å². The van der Waals surface area contributed by atoms with E-state index < -0.39 is 30.5 Å². The number of unbranched alkanes of at least 4 members (excludes halogenated alkanes) is 1. The Morgan fingerprint density at radius 3 is 2.38 bits per heavy atom. The molecule has 7 heteroatoms. The maximum absolute atomic E-state index is 11.2. The fourth-order valence-corrected chi connectivity index (χ4v) is 0.861. The van der Waals surface area contributed by atoms with Gasteiger partial charge in [0.25, 0.3) is 0 Å². The van der Waals surface area contributed by atoms with Gasteiger partial charge in [-0.2, -0.15) is 0 Å². The van der Waals surface area contributed by atoms with Crippen molar-refractivity contribution in [2.24, 2.45) is 0 Å². The molecular formula is C9H15NO6. The van der Waals surface area contributed by atoms with Crippen molar-refractivity contribution in [3.05, 3.63) is 0 Å². The van der Waals surface area contributed by atoms with Gasteiger partial charge in [0.1, 0.15) is 0 Å². The molecule has 0 aromatic heterocycles.